The Labute approximate surface area is 114 Å². The number of rotatable bonds is 8. The van der Waals surface area contributed by atoms with Gasteiger partial charge in [0.25, 0.3) is 0 Å². The zero-order valence-corrected chi connectivity index (χ0v) is 11.6. The summed E-state index contributed by atoms with van der Waals surface area (Å²) in [7, 11) is 3.37. The summed E-state index contributed by atoms with van der Waals surface area (Å²) < 4.78 is 10.2. The van der Waals surface area contributed by atoms with Crippen molar-refractivity contribution in [2.45, 2.75) is 6.42 Å². The summed E-state index contributed by atoms with van der Waals surface area (Å²) in [5.41, 5.74) is 7.74. The van der Waals surface area contributed by atoms with Crippen LogP contribution in [0.5, 0.6) is 0 Å². The Bertz CT molecular complexity index is 429. The summed E-state index contributed by atoms with van der Waals surface area (Å²) in [5.74, 6) is 0. The molecule has 1 rings (SSSR count). The van der Waals surface area contributed by atoms with E-state index in [1.165, 1.54) is 0 Å². The van der Waals surface area contributed by atoms with Gasteiger partial charge in [-0.1, -0.05) is 0 Å². The number of benzene rings is 1. The first-order valence-electron chi connectivity index (χ1n) is 6.25. The number of ether oxygens (including phenoxy) is 2. The predicted molar refractivity (Wildman–Crippen MR) is 76.2 cm³/mol. The second-order valence-electron chi connectivity index (χ2n) is 4.21. The molecule has 5 nitrogen and oxygen atoms in total. The van der Waals surface area contributed by atoms with Gasteiger partial charge in [0, 0.05) is 45.3 Å². The number of hydrogen-bond acceptors (Lipinski definition) is 5. The van der Waals surface area contributed by atoms with Crippen molar-refractivity contribution in [1.82, 2.24) is 0 Å². The molecule has 0 heterocycles. The first-order chi connectivity index (χ1) is 9.22. The summed E-state index contributed by atoms with van der Waals surface area (Å²) in [6.45, 7) is 2.98. The van der Waals surface area contributed by atoms with Crippen molar-refractivity contribution in [1.29, 1.82) is 5.26 Å². The lowest BCUT2D eigenvalue weighted by atomic mass is 10.1. The van der Waals surface area contributed by atoms with Crippen LogP contribution in [-0.4, -0.2) is 40.5 Å². The van der Waals surface area contributed by atoms with Crippen LogP contribution < -0.4 is 10.6 Å². The normalized spacial score (nSPS) is 10.2. The highest BCUT2D eigenvalue weighted by molar-refractivity contribution is 5.62. The van der Waals surface area contributed by atoms with E-state index in [0.29, 0.717) is 24.5 Å². The topological polar surface area (TPSA) is 71.5 Å². The van der Waals surface area contributed by atoms with Crippen LogP contribution in [0.3, 0.4) is 0 Å². The summed E-state index contributed by atoms with van der Waals surface area (Å²) in [6.07, 6.45) is 0.923. The first kappa shape index (κ1) is 15.3. The molecule has 1 aromatic rings. The zero-order valence-electron chi connectivity index (χ0n) is 11.6. The van der Waals surface area contributed by atoms with Crippen molar-refractivity contribution in [2.24, 2.45) is 0 Å². The molecule has 0 aliphatic carbocycles. The molecule has 0 spiro atoms. The third-order valence-corrected chi connectivity index (χ3v) is 2.86. The Balaban J connectivity index is 2.80. The molecule has 0 saturated carbocycles. The highest BCUT2D eigenvalue weighted by Crippen LogP contribution is 2.20. The number of nitrogens with zero attached hydrogens (tertiary/aromatic N) is 2. The van der Waals surface area contributed by atoms with Crippen LogP contribution >= 0.6 is 0 Å². The van der Waals surface area contributed by atoms with Gasteiger partial charge in [-0.25, -0.2) is 0 Å². The SMILES string of the molecule is COCCCN(CCOC)c1ccc(N)c(C#N)c1. The molecule has 0 unspecified atom stereocenters. The maximum atomic E-state index is 9.02. The number of nitrogen functional groups attached to an aromatic ring is 1. The van der Waals surface area contributed by atoms with E-state index in [4.69, 9.17) is 20.5 Å². The van der Waals surface area contributed by atoms with Crippen molar-refractivity contribution >= 4 is 11.4 Å². The van der Waals surface area contributed by atoms with Gasteiger partial charge in [-0.2, -0.15) is 5.26 Å². The zero-order chi connectivity index (χ0) is 14.1. The number of methoxy groups -OCH3 is 2. The van der Waals surface area contributed by atoms with Crippen LogP contribution in [0.25, 0.3) is 0 Å². The number of hydrogen-bond donors (Lipinski definition) is 1. The van der Waals surface area contributed by atoms with Gasteiger partial charge >= 0.3 is 0 Å². The third-order valence-electron chi connectivity index (χ3n) is 2.86. The summed E-state index contributed by atoms with van der Waals surface area (Å²) in [5, 5.41) is 9.02. The fourth-order valence-corrected chi connectivity index (χ4v) is 1.81. The van der Waals surface area contributed by atoms with Crippen LogP contribution in [0.4, 0.5) is 11.4 Å². The van der Waals surface area contributed by atoms with Gasteiger partial charge in [-0.15, -0.1) is 0 Å². The second kappa shape index (κ2) is 8.35. The quantitative estimate of drug-likeness (QED) is 0.570. The van der Waals surface area contributed by atoms with Gasteiger partial charge < -0.3 is 20.1 Å². The predicted octanol–water partition coefficient (Wildman–Crippen LogP) is 1.63. The Morgan fingerprint density at radius 3 is 2.58 bits per heavy atom. The van der Waals surface area contributed by atoms with Gasteiger partial charge in [-0.3, -0.25) is 0 Å². The second-order valence-corrected chi connectivity index (χ2v) is 4.21. The smallest absolute Gasteiger partial charge is 0.101 e. The van der Waals surface area contributed by atoms with E-state index in [0.717, 1.165) is 25.2 Å². The molecule has 0 aliphatic rings. The molecule has 19 heavy (non-hydrogen) atoms. The lowest BCUT2D eigenvalue weighted by molar-refractivity contribution is 0.191. The molecular weight excluding hydrogens is 242 g/mol. The monoisotopic (exact) mass is 263 g/mol. The Morgan fingerprint density at radius 2 is 1.95 bits per heavy atom. The molecule has 0 aliphatic heterocycles. The van der Waals surface area contributed by atoms with Crippen molar-refractivity contribution < 1.29 is 9.47 Å². The fraction of sp³-hybridized carbons (Fsp3) is 0.500. The van der Waals surface area contributed by atoms with E-state index in [-0.39, 0.29) is 0 Å². The Kier molecular flexibility index (Phi) is 6.72. The standard InChI is InChI=1S/C14H21N3O2/c1-18-8-3-6-17(7-9-19-2)13-4-5-14(16)12(10-13)11-15/h4-5,10H,3,6-9,16H2,1-2H3. The summed E-state index contributed by atoms with van der Waals surface area (Å²) in [4.78, 5) is 2.17. The van der Waals surface area contributed by atoms with Crippen molar-refractivity contribution in [2.75, 3.05) is 51.2 Å². The molecule has 0 bridgehead atoms. The van der Waals surface area contributed by atoms with E-state index in [1.807, 2.05) is 12.1 Å². The highest BCUT2D eigenvalue weighted by Gasteiger charge is 2.08. The van der Waals surface area contributed by atoms with E-state index in [2.05, 4.69) is 11.0 Å². The van der Waals surface area contributed by atoms with Crippen LogP contribution in [0.15, 0.2) is 18.2 Å². The molecule has 0 saturated heterocycles. The van der Waals surface area contributed by atoms with E-state index in [9.17, 15) is 0 Å². The minimum absolute atomic E-state index is 0.506. The van der Waals surface area contributed by atoms with Crippen molar-refractivity contribution in [3.63, 3.8) is 0 Å². The maximum Gasteiger partial charge on any atom is 0.101 e. The number of nitriles is 1. The average molecular weight is 263 g/mol. The van der Waals surface area contributed by atoms with Crippen LogP contribution in [0.2, 0.25) is 0 Å². The molecule has 5 heteroatoms. The van der Waals surface area contributed by atoms with Crippen LogP contribution in [0.1, 0.15) is 12.0 Å². The van der Waals surface area contributed by atoms with Crippen LogP contribution in [0, 0.1) is 11.3 Å². The summed E-state index contributed by atoms with van der Waals surface area (Å²) in [6, 6.07) is 7.62. The first-order valence-corrected chi connectivity index (χ1v) is 6.25. The average Bonchev–Trinajstić information content (AvgIpc) is 2.43. The third kappa shape index (κ3) is 4.78. The van der Waals surface area contributed by atoms with Gasteiger partial charge in [0.2, 0.25) is 0 Å². The molecule has 2 N–H and O–H groups in total. The minimum atomic E-state index is 0.506. The number of anilines is 2. The molecule has 0 fully saturated rings. The Hall–Kier alpha value is -1.77. The molecule has 0 amide bonds. The van der Waals surface area contributed by atoms with Gasteiger partial charge in [0.1, 0.15) is 6.07 Å². The lowest BCUT2D eigenvalue weighted by Crippen LogP contribution is -2.29. The molecule has 0 atom stereocenters. The van der Waals surface area contributed by atoms with E-state index < -0.39 is 0 Å². The lowest BCUT2D eigenvalue weighted by Gasteiger charge is -2.25. The maximum absolute atomic E-state index is 9.02. The van der Waals surface area contributed by atoms with Gasteiger partial charge in [0.05, 0.1) is 12.2 Å². The molecule has 104 valence electrons. The minimum Gasteiger partial charge on any atom is -0.398 e. The van der Waals surface area contributed by atoms with Crippen LogP contribution in [-0.2, 0) is 9.47 Å². The van der Waals surface area contributed by atoms with Crippen molar-refractivity contribution in [3.8, 4) is 6.07 Å². The fourth-order valence-electron chi connectivity index (χ4n) is 1.81. The largest absolute Gasteiger partial charge is 0.398 e. The Morgan fingerprint density at radius 1 is 1.21 bits per heavy atom. The van der Waals surface area contributed by atoms with Gasteiger partial charge in [-0.05, 0) is 24.6 Å². The molecular formula is C14H21N3O2. The highest BCUT2D eigenvalue weighted by atomic mass is 16.5. The van der Waals surface area contributed by atoms with Gasteiger partial charge in [0.15, 0.2) is 0 Å². The summed E-state index contributed by atoms with van der Waals surface area (Å²) >= 11 is 0. The number of nitrogens with two attached hydrogens (primary N) is 1. The van der Waals surface area contributed by atoms with E-state index in [1.54, 1.807) is 20.3 Å². The molecule has 0 radical (unpaired) electrons. The van der Waals surface area contributed by atoms with E-state index >= 15 is 0 Å². The molecule has 0 aromatic heterocycles. The molecule has 1 aromatic carbocycles. The van der Waals surface area contributed by atoms with Crippen molar-refractivity contribution in [3.05, 3.63) is 23.8 Å².